The Labute approximate surface area is 517 Å². The summed E-state index contributed by atoms with van der Waals surface area (Å²) >= 11 is 12.8. The molecule has 84 heavy (non-hydrogen) atoms. The molecule has 19 nitrogen and oxygen atoms in total. The number of nitrogens with two attached hydrogens (primary N) is 1. The second kappa shape index (κ2) is 27.4. The first-order valence-corrected chi connectivity index (χ1v) is 26.1. The van der Waals surface area contributed by atoms with Gasteiger partial charge < -0.3 is 49.3 Å². The quantitative estimate of drug-likeness (QED) is 0.115. The van der Waals surface area contributed by atoms with Crippen molar-refractivity contribution >= 4 is 118 Å². The Bertz CT molecular complexity index is 3280. The lowest BCUT2D eigenvalue weighted by molar-refractivity contribution is -0.142. The van der Waals surface area contributed by atoms with Crippen molar-refractivity contribution in [2.45, 2.75) is 88.8 Å². The van der Waals surface area contributed by atoms with Crippen LogP contribution >= 0.6 is 77.2 Å². The normalized spacial score (nSPS) is 20.1. The van der Waals surface area contributed by atoms with Crippen LogP contribution in [0.1, 0.15) is 51.7 Å². The number of benzene rings is 2. The number of nitrogens with one attached hydrogen (secondary N) is 2. The summed E-state index contributed by atoms with van der Waals surface area (Å²) in [7, 11) is 0. The lowest BCUT2D eigenvalue weighted by atomic mass is 10.1. The van der Waals surface area contributed by atoms with Crippen LogP contribution in [0.15, 0.2) is 85.2 Å². The fourth-order valence-corrected chi connectivity index (χ4v) is 10.3. The zero-order valence-corrected chi connectivity index (χ0v) is 51.0. The lowest BCUT2D eigenvalue weighted by Gasteiger charge is -2.36. The van der Waals surface area contributed by atoms with Gasteiger partial charge in [0.15, 0.2) is 23.2 Å². The Balaban J connectivity index is 0.000000222. The molecule has 4 atom stereocenters. The molecule has 456 valence electrons. The molecule has 0 saturated carbocycles. The zero-order chi connectivity index (χ0) is 56.7. The molecule has 2 aromatic carbocycles. The summed E-state index contributed by atoms with van der Waals surface area (Å²) in [5, 5.41) is 6.58. The minimum Gasteiger partial charge on any atom is -0.475 e. The summed E-state index contributed by atoms with van der Waals surface area (Å²) in [4.78, 5) is 44.6. The molecule has 10 heterocycles. The molecule has 31 heteroatoms. The van der Waals surface area contributed by atoms with Gasteiger partial charge in [0.1, 0.15) is 25.4 Å². The number of nitrogen functional groups attached to an aromatic ring is 1. The average molecular weight is 1290 g/mol. The fraction of sp³-hybridized carbons (Fsp3) is 0.415. The third-order valence-electron chi connectivity index (χ3n) is 13.5. The summed E-state index contributed by atoms with van der Waals surface area (Å²) in [5.41, 5.74) is 6.50. The van der Waals surface area contributed by atoms with Crippen LogP contribution in [0.2, 0.25) is 10.0 Å². The number of amides is 2. The number of carbonyl (C=O) groups is 1. The van der Waals surface area contributed by atoms with Crippen molar-refractivity contribution in [3.8, 4) is 34.3 Å². The van der Waals surface area contributed by atoms with Gasteiger partial charge in [0.25, 0.3) is 0 Å². The number of ether oxygens (including phenoxy) is 6. The smallest absolute Gasteiger partial charge is 0.416 e. The Morgan fingerprint density at radius 3 is 1.77 bits per heavy atom. The largest absolute Gasteiger partial charge is 0.475 e. The van der Waals surface area contributed by atoms with Gasteiger partial charge in [-0.15, -0.1) is 0 Å². The van der Waals surface area contributed by atoms with Crippen LogP contribution in [0.25, 0.3) is 22.5 Å². The summed E-state index contributed by atoms with van der Waals surface area (Å²) in [5.74, 6) is 0.674. The van der Waals surface area contributed by atoms with E-state index in [0.717, 1.165) is 49.5 Å². The molecule has 4 bridgehead atoms. The summed E-state index contributed by atoms with van der Waals surface area (Å²) < 4.78 is 112. The molecule has 6 aromatic rings. The van der Waals surface area contributed by atoms with Gasteiger partial charge in [0.2, 0.25) is 23.7 Å². The number of urea groups is 1. The van der Waals surface area contributed by atoms with E-state index in [2.05, 4.69) is 50.3 Å². The molecule has 6 aliphatic rings. The van der Waals surface area contributed by atoms with E-state index >= 15 is 0 Å². The number of hydrogen-bond donors (Lipinski definition) is 3. The molecule has 0 aliphatic carbocycles. The number of pyridine rings is 2. The minimum atomic E-state index is -4.53. The van der Waals surface area contributed by atoms with Gasteiger partial charge in [-0.1, -0.05) is 47.5 Å². The van der Waals surface area contributed by atoms with Crippen LogP contribution < -0.4 is 40.5 Å². The summed E-state index contributed by atoms with van der Waals surface area (Å²) in [6, 6.07) is 16.1. The molecule has 2 amide bonds. The van der Waals surface area contributed by atoms with E-state index in [1.807, 2.05) is 27.7 Å². The van der Waals surface area contributed by atoms with Crippen LogP contribution in [-0.2, 0) is 31.3 Å². The maximum atomic E-state index is 13.6. The van der Waals surface area contributed by atoms with E-state index in [-0.39, 0.29) is 113 Å². The van der Waals surface area contributed by atoms with E-state index in [9.17, 15) is 31.1 Å². The molecule has 6 aliphatic heterocycles. The van der Waals surface area contributed by atoms with Crippen LogP contribution in [0.5, 0.6) is 11.8 Å². The third kappa shape index (κ3) is 16.1. The highest BCUT2D eigenvalue weighted by molar-refractivity contribution is 7.59. The zero-order valence-electron chi connectivity index (χ0n) is 45.4. The number of hydrogen-bond acceptors (Lipinski definition) is 17. The number of anilines is 6. The van der Waals surface area contributed by atoms with Gasteiger partial charge >= 0.3 is 18.4 Å². The molecule has 4 fully saturated rings. The first-order chi connectivity index (χ1) is 37.9. The molecular weight excluding hydrogens is 1230 g/mol. The van der Waals surface area contributed by atoms with Gasteiger partial charge in [-0.3, -0.25) is 10.2 Å². The van der Waals surface area contributed by atoms with Gasteiger partial charge in [-0.25, -0.2) is 24.7 Å². The van der Waals surface area contributed by atoms with Crippen molar-refractivity contribution in [1.29, 1.82) is 0 Å². The predicted molar refractivity (Wildman–Crippen MR) is 327 cm³/mol. The molecule has 0 spiro atoms. The fourth-order valence-electron chi connectivity index (χ4n) is 9.82. The summed E-state index contributed by atoms with van der Waals surface area (Å²) in [6.45, 7) is 12.0. The third-order valence-corrected chi connectivity index (χ3v) is 14.0. The molecule has 4 aromatic heterocycles. The van der Waals surface area contributed by atoms with Gasteiger partial charge in [0, 0.05) is 67.9 Å². The van der Waals surface area contributed by atoms with E-state index < -0.39 is 41.1 Å². The Hall–Kier alpha value is -5.63. The number of alkyl halides is 6. The number of nitrogens with zero attached hydrogens (tertiary/aromatic N) is 9. The SMILES string of the molecule is CC1(C)OC[C@H](COc2ccnc(N)n2)O1.CC1(C)OC[C@H](COc2ccnc(NC(=O)N3c4nc(-c5cccc(C(F)(F)F)c5)c(Cl)cc4N4CC[C@H]3C4)n2)O1.FC(F)(F)c1cccc(-c2nc3c(cc2Cl)N2CC[C@@H](C2)N3)c1.S.S.S.S. The van der Waals surface area contributed by atoms with E-state index in [1.165, 1.54) is 29.3 Å². The van der Waals surface area contributed by atoms with Crippen molar-refractivity contribution in [2.75, 3.05) is 83.7 Å². The highest BCUT2D eigenvalue weighted by Crippen LogP contribution is 2.45. The van der Waals surface area contributed by atoms with Crippen molar-refractivity contribution < 1.29 is 59.6 Å². The second-order valence-corrected chi connectivity index (χ2v) is 21.1. The molecule has 12 rings (SSSR count). The topological polar surface area (TPSA) is 210 Å². The highest BCUT2D eigenvalue weighted by atomic mass is 35.5. The maximum absolute atomic E-state index is 13.6. The Morgan fingerprint density at radius 1 is 0.702 bits per heavy atom. The number of halogens is 8. The molecule has 0 radical (unpaired) electrons. The van der Waals surface area contributed by atoms with Crippen LogP contribution in [0, 0.1) is 0 Å². The highest BCUT2D eigenvalue weighted by Gasteiger charge is 2.42. The first-order valence-electron chi connectivity index (χ1n) is 25.4. The number of rotatable bonds is 9. The average Bonchev–Trinajstić information content (AvgIpc) is 4.38. The van der Waals surface area contributed by atoms with E-state index in [1.54, 1.807) is 36.5 Å². The van der Waals surface area contributed by atoms with Crippen molar-refractivity contribution in [3.63, 3.8) is 0 Å². The number of carbonyl (C=O) groups excluding carboxylic acids is 1. The van der Waals surface area contributed by atoms with Gasteiger partial charge in [-0.05, 0) is 76.9 Å². The molecule has 4 saturated heterocycles. The Morgan fingerprint density at radius 2 is 1.23 bits per heavy atom. The van der Waals surface area contributed by atoms with Crippen LogP contribution in [0.3, 0.4) is 0 Å². The maximum Gasteiger partial charge on any atom is 0.416 e. The number of fused-ring (bicyclic) bond motifs is 8. The lowest BCUT2D eigenvalue weighted by Crippen LogP contribution is -2.48. The summed E-state index contributed by atoms with van der Waals surface area (Å²) in [6.07, 6.45) is -4.56. The molecule has 0 unspecified atom stereocenters. The van der Waals surface area contributed by atoms with Crippen molar-refractivity contribution in [3.05, 3.63) is 106 Å². The Kier molecular flexibility index (Phi) is 22.0. The van der Waals surface area contributed by atoms with Crippen molar-refractivity contribution in [1.82, 2.24) is 29.9 Å². The number of aromatic nitrogens is 6. The first kappa shape index (κ1) is 67.5. The van der Waals surface area contributed by atoms with E-state index in [0.29, 0.717) is 84.9 Å². The van der Waals surface area contributed by atoms with Gasteiger partial charge in [-0.2, -0.15) is 90.3 Å². The molecule has 4 N–H and O–H groups in total. The van der Waals surface area contributed by atoms with Crippen LogP contribution in [0.4, 0.5) is 66.0 Å². The van der Waals surface area contributed by atoms with E-state index in [4.69, 9.17) is 57.4 Å². The second-order valence-electron chi connectivity index (χ2n) is 20.3. The monoisotopic (exact) mass is 1290 g/mol. The van der Waals surface area contributed by atoms with Crippen LogP contribution in [-0.4, -0.2) is 124 Å². The predicted octanol–water partition coefficient (Wildman–Crippen LogP) is 10.8. The molecular formula is C53H62Cl2F6N12O7S4. The van der Waals surface area contributed by atoms with Gasteiger partial charge in [0.05, 0.1) is 63.2 Å². The standard InChI is InChI=1S/C27H26ClF3N6O4.C16H13ClF3N3.C10H15N3O3.4H2S/c1-26(2)40-14-18(41-26)13-39-21-6-8-32-24(33-21)35-25(38)37-17-7-9-36(12-17)20-11-19(28)22(34-23(20)37)15-4-3-5-16(10-15)27(29,30)31;17-12-7-13-15(21-11-4-5-23(13)8-11)22-14(12)9-2-1-3-10(6-9)16(18,19)20;1-10(2)15-6-7(16-10)5-14-8-3-4-12-9(11)13-8;;;;/h3-6,8,10-11,17-18H,7,9,12-14H2,1-2H3,(H,32,33,35,38);1-3,6-7,11H,4-5,8H2,(H,21,22);3-4,7H,5-6H2,1-2H3,(H2,11,12,13);4*1H2/t17-,18-;11-;7-;;;;/m000..../s1. The van der Waals surface area contributed by atoms with Crippen molar-refractivity contribution in [2.24, 2.45) is 0 Å². The minimum absolute atomic E-state index is 0.